The zero-order chi connectivity index (χ0) is 15.4. The number of hydrazine groups is 1. The van der Waals surface area contributed by atoms with Crippen molar-refractivity contribution in [1.29, 1.82) is 0 Å². The van der Waals surface area contributed by atoms with Crippen LogP contribution in [0.25, 0.3) is 0 Å². The van der Waals surface area contributed by atoms with Crippen LogP contribution in [0.4, 0.5) is 0 Å². The number of nitrogens with one attached hydrogen (secondary N) is 1. The molecule has 0 aromatic carbocycles. The second-order valence-corrected chi connectivity index (χ2v) is 5.59. The molecule has 0 radical (unpaired) electrons. The number of halogens is 1. The van der Waals surface area contributed by atoms with E-state index in [1.165, 1.54) is 0 Å². The Kier molecular flexibility index (Phi) is 5.51. The van der Waals surface area contributed by atoms with E-state index in [-0.39, 0.29) is 6.04 Å². The number of methoxy groups -OCH3 is 1. The summed E-state index contributed by atoms with van der Waals surface area (Å²) in [5.74, 6) is 5.80. The summed E-state index contributed by atoms with van der Waals surface area (Å²) in [4.78, 5) is 0. The van der Waals surface area contributed by atoms with Crippen molar-refractivity contribution in [2.24, 2.45) is 12.9 Å². The fourth-order valence-corrected chi connectivity index (χ4v) is 2.83. The van der Waals surface area contributed by atoms with Gasteiger partial charge < -0.3 is 4.74 Å². The topological polar surface area (TPSA) is 82.9 Å². The third kappa shape index (κ3) is 3.34. The lowest BCUT2D eigenvalue weighted by Crippen LogP contribution is -2.32. The molecule has 2 aromatic heterocycles. The van der Waals surface area contributed by atoms with Crippen molar-refractivity contribution in [1.82, 2.24) is 25.0 Å². The van der Waals surface area contributed by atoms with Crippen molar-refractivity contribution in [2.75, 3.05) is 13.7 Å². The minimum atomic E-state index is -0.198. The fraction of sp³-hybridized carbons (Fsp3) is 0.538. The summed E-state index contributed by atoms with van der Waals surface area (Å²) < 4.78 is 9.77. The summed E-state index contributed by atoms with van der Waals surface area (Å²) in [6.07, 6.45) is 2.65. The summed E-state index contributed by atoms with van der Waals surface area (Å²) >= 11 is 3.55. The van der Waals surface area contributed by atoms with Gasteiger partial charge in [0, 0.05) is 14.2 Å². The van der Waals surface area contributed by atoms with Gasteiger partial charge in [-0.2, -0.15) is 10.2 Å². The zero-order valence-electron chi connectivity index (χ0n) is 12.5. The van der Waals surface area contributed by atoms with Gasteiger partial charge in [0.2, 0.25) is 0 Å². The molecule has 7 nitrogen and oxygen atoms in total. The second-order valence-electron chi connectivity index (χ2n) is 4.73. The predicted molar refractivity (Wildman–Crippen MR) is 83.6 cm³/mol. The summed E-state index contributed by atoms with van der Waals surface area (Å²) in [5, 5.41) is 8.85. The van der Waals surface area contributed by atoms with E-state index < -0.39 is 0 Å². The van der Waals surface area contributed by atoms with Crippen LogP contribution >= 0.6 is 15.9 Å². The first-order chi connectivity index (χ1) is 10.1. The highest BCUT2D eigenvalue weighted by molar-refractivity contribution is 9.10. The molecule has 0 bridgehead atoms. The molecule has 2 aromatic rings. The lowest BCUT2D eigenvalue weighted by Gasteiger charge is -2.18. The summed E-state index contributed by atoms with van der Waals surface area (Å²) in [7, 11) is 3.59. The van der Waals surface area contributed by atoms with Crippen molar-refractivity contribution in [3.8, 4) is 0 Å². The van der Waals surface area contributed by atoms with Crippen LogP contribution in [-0.2, 0) is 24.8 Å². The zero-order valence-corrected chi connectivity index (χ0v) is 14.1. The van der Waals surface area contributed by atoms with Crippen molar-refractivity contribution < 1.29 is 4.74 Å². The third-order valence-corrected chi connectivity index (χ3v) is 4.02. The standard InChI is InChI=1S/C13H21BrN6O/c1-4-9-7-11(19(2)18-9)12(17-15)13-10(14)8-16-20(13)5-6-21-3/h7-8,12,17H,4-6,15H2,1-3H3. The molecule has 1 unspecified atom stereocenters. The highest BCUT2D eigenvalue weighted by atomic mass is 79.9. The number of nitrogens with two attached hydrogens (primary N) is 1. The van der Waals surface area contributed by atoms with Crippen LogP contribution in [0.2, 0.25) is 0 Å². The molecule has 0 fully saturated rings. The molecule has 21 heavy (non-hydrogen) atoms. The maximum absolute atomic E-state index is 5.80. The lowest BCUT2D eigenvalue weighted by atomic mass is 10.1. The Labute approximate surface area is 132 Å². The monoisotopic (exact) mass is 356 g/mol. The van der Waals surface area contributed by atoms with E-state index in [0.717, 1.165) is 28.0 Å². The lowest BCUT2D eigenvalue weighted by molar-refractivity contribution is 0.182. The van der Waals surface area contributed by atoms with Crippen LogP contribution in [0.1, 0.15) is 30.0 Å². The SMILES string of the molecule is CCc1cc(C(NN)c2c(Br)cnn2CCOC)n(C)n1. The predicted octanol–water partition coefficient (Wildman–Crippen LogP) is 1.14. The van der Waals surface area contributed by atoms with E-state index in [4.69, 9.17) is 10.6 Å². The average Bonchev–Trinajstić information content (AvgIpc) is 3.03. The molecule has 1 atom stereocenters. The molecule has 8 heteroatoms. The number of hydrogen-bond donors (Lipinski definition) is 2. The van der Waals surface area contributed by atoms with Crippen molar-refractivity contribution in [2.45, 2.75) is 25.9 Å². The average molecular weight is 357 g/mol. The van der Waals surface area contributed by atoms with Crippen molar-refractivity contribution in [3.05, 3.63) is 33.8 Å². The molecule has 2 rings (SSSR count). The molecule has 116 valence electrons. The van der Waals surface area contributed by atoms with Gasteiger partial charge in [0.05, 0.1) is 40.9 Å². The number of hydrogen-bond acceptors (Lipinski definition) is 5. The second kappa shape index (κ2) is 7.17. The van der Waals surface area contributed by atoms with E-state index in [1.807, 2.05) is 16.4 Å². The van der Waals surface area contributed by atoms with Crippen LogP contribution in [0, 0.1) is 0 Å². The Morgan fingerprint density at radius 1 is 1.52 bits per heavy atom. The van der Waals surface area contributed by atoms with Gasteiger partial charge >= 0.3 is 0 Å². The Morgan fingerprint density at radius 3 is 2.86 bits per heavy atom. The highest BCUT2D eigenvalue weighted by Gasteiger charge is 2.24. The largest absolute Gasteiger partial charge is 0.383 e. The van der Waals surface area contributed by atoms with E-state index >= 15 is 0 Å². The molecule has 0 amide bonds. The Balaban J connectivity index is 2.40. The van der Waals surface area contributed by atoms with Gasteiger partial charge in [-0.15, -0.1) is 0 Å². The number of ether oxygens (including phenoxy) is 1. The molecular formula is C13H21BrN6O. The Bertz CT molecular complexity index is 593. The first-order valence-corrected chi connectivity index (χ1v) is 7.60. The number of aryl methyl sites for hydroxylation is 2. The van der Waals surface area contributed by atoms with Gasteiger partial charge in [-0.25, -0.2) is 5.43 Å². The van der Waals surface area contributed by atoms with Crippen LogP contribution in [-0.4, -0.2) is 33.3 Å². The molecule has 0 saturated carbocycles. The molecule has 0 aliphatic carbocycles. The van der Waals surface area contributed by atoms with Gasteiger partial charge in [0.15, 0.2) is 0 Å². The van der Waals surface area contributed by atoms with E-state index in [0.29, 0.717) is 13.2 Å². The number of nitrogens with zero attached hydrogens (tertiary/aromatic N) is 4. The Hall–Kier alpha value is -1.22. The van der Waals surface area contributed by atoms with Gasteiger partial charge in [0.25, 0.3) is 0 Å². The molecular weight excluding hydrogens is 336 g/mol. The maximum atomic E-state index is 5.80. The van der Waals surface area contributed by atoms with Crippen LogP contribution in [0.15, 0.2) is 16.7 Å². The Morgan fingerprint density at radius 2 is 2.29 bits per heavy atom. The molecule has 0 spiro atoms. The normalized spacial score (nSPS) is 12.8. The summed E-state index contributed by atoms with van der Waals surface area (Å²) in [6.45, 7) is 3.33. The molecule has 0 aliphatic heterocycles. The highest BCUT2D eigenvalue weighted by Crippen LogP contribution is 2.28. The molecule has 3 N–H and O–H groups in total. The maximum Gasteiger partial charge on any atom is 0.106 e. The van der Waals surface area contributed by atoms with Gasteiger partial charge in [-0.1, -0.05) is 6.92 Å². The van der Waals surface area contributed by atoms with Crippen LogP contribution < -0.4 is 11.3 Å². The van der Waals surface area contributed by atoms with E-state index in [2.05, 4.69) is 44.5 Å². The van der Waals surface area contributed by atoms with Gasteiger partial charge in [0.1, 0.15) is 6.04 Å². The van der Waals surface area contributed by atoms with Gasteiger partial charge in [-0.3, -0.25) is 15.2 Å². The fourth-order valence-electron chi connectivity index (χ4n) is 2.31. The van der Waals surface area contributed by atoms with Crippen LogP contribution in [0.3, 0.4) is 0 Å². The number of rotatable bonds is 7. The van der Waals surface area contributed by atoms with Gasteiger partial charge in [-0.05, 0) is 28.4 Å². The molecule has 0 saturated heterocycles. The number of aromatic nitrogens is 4. The van der Waals surface area contributed by atoms with Crippen LogP contribution in [0.5, 0.6) is 0 Å². The minimum Gasteiger partial charge on any atom is -0.383 e. The summed E-state index contributed by atoms with van der Waals surface area (Å²) in [6, 6.07) is 1.86. The molecule has 2 heterocycles. The first-order valence-electron chi connectivity index (χ1n) is 6.81. The first kappa shape index (κ1) is 16.2. The quantitative estimate of drug-likeness (QED) is 0.574. The van der Waals surface area contributed by atoms with E-state index in [1.54, 1.807) is 13.3 Å². The minimum absolute atomic E-state index is 0.198. The third-order valence-electron chi connectivity index (χ3n) is 3.41. The van der Waals surface area contributed by atoms with E-state index in [9.17, 15) is 0 Å². The summed E-state index contributed by atoms with van der Waals surface area (Å²) in [5.41, 5.74) is 5.85. The van der Waals surface area contributed by atoms with Crippen molar-refractivity contribution >= 4 is 15.9 Å². The molecule has 0 aliphatic rings. The smallest absolute Gasteiger partial charge is 0.106 e. The van der Waals surface area contributed by atoms with Crippen molar-refractivity contribution in [3.63, 3.8) is 0 Å².